The molecule has 0 radical (unpaired) electrons. The summed E-state index contributed by atoms with van der Waals surface area (Å²) in [6.45, 7) is 0.390. The Kier molecular flexibility index (Phi) is 3.82. The smallest absolute Gasteiger partial charge is 0.258 e. The number of halogens is 2. The Morgan fingerprint density at radius 3 is 2.86 bits per heavy atom. The van der Waals surface area contributed by atoms with Crippen LogP contribution in [0.5, 0.6) is 0 Å². The van der Waals surface area contributed by atoms with Crippen LogP contribution in [0, 0.1) is 0 Å². The van der Waals surface area contributed by atoms with Gasteiger partial charge in [-0.1, -0.05) is 29.3 Å². The molecule has 2 aromatic heterocycles. The number of nitrogens with zero attached hydrogens (tertiary/aromatic N) is 2. The molecule has 1 aromatic carbocycles. The Bertz CT molecular complexity index is 861. The van der Waals surface area contributed by atoms with Crippen molar-refractivity contribution in [3.63, 3.8) is 0 Å². The predicted octanol–water partition coefficient (Wildman–Crippen LogP) is 3.61. The molecule has 1 N–H and O–H groups in total. The minimum absolute atomic E-state index is 0.116. The van der Waals surface area contributed by atoms with Crippen molar-refractivity contribution in [3.8, 4) is 0 Å². The number of rotatable bonds is 3. The molecule has 0 bridgehead atoms. The number of pyridine rings is 1. The molecule has 0 spiro atoms. The molecule has 3 rings (SSSR count). The minimum atomic E-state index is -0.116. The van der Waals surface area contributed by atoms with Crippen LogP contribution in [0.25, 0.3) is 5.65 Å². The van der Waals surface area contributed by atoms with Gasteiger partial charge >= 0.3 is 0 Å². The molecule has 0 atom stereocenters. The van der Waals surface area contributed by atoms with Gasteiger partial charge in [0.1, 0.15) is 5.65 Å². The number of hydrogen-bond donors (Lipinski definition) is 1. The van der Waals surface area contributed by atoms with Crippen molar-refractivity contribution < 1.29 is 0 Å². The van der Waals surface area contributed by atoms with Crippen LogP contribution >= 0.6 is 23.2 Å². The second-order valence-corrected chi connectivity index (χ2v) is 5.34. The van der Waals surface area contributed by atoms with Gasteiger partial charge in [-0.05, 0) is 30.3 Å². The zero-order valence-corrected chi connectivity index (χ0v) is 12.4. The largest absolute Gasteiger partial charge is 0.378 e. The van der Waals surface area contributed by atoms with E-state index in [1.807, 2.05) is 6.07 Å². The van der Waals surface area contributed by atoms with Gasteiger partial charge in [0, 0.05) is 17.3 Å². The van der Waals surface area contributed by atoms with E-state index >= 15 is 0 Å². The van der Waals surface area contributed by atoms with Crippen LogP contribution in [0.15, 0.2) is 53.5 Å². The summed E-state index contributed by atoms with van der Waals surface area (Å²) in [7, 11) is 0. The zero-order chi connectivity index (χ0) is 14.8. The van der Waals surface area contributed by atoms with Crippen LogP contribution in [-0.2, 0) is 6.54 Å². The van der Waals surface area contributed by atoms with Crippen molar-refractivity contribution in [1.29, 1.82) is 0 Å². The van der Waals surface area contributed by atoms with Crippen molar-refractivity contribution in [2.75, 3.05) is 5.32 Å². The number of hydrogen-bond acceptors (Lipinski definition) is 3. The predicted molar refractivity (Wildman–Crippen MR) is 85.3 cm³/mol. The standard InChI is InChI=1S/C15H11Cl2N3O/c16-10-4-5-12(17)13(7-10)18-9-11-8-15(21)20-6-2-1-3-14(20)19-11/h1-8,18H,9H2. The van der Waals surface area contributed by atoms with Gasteiger partial charge < -0.3 is 5.32 Å². The van der Waals surface area contributed by atoms with Crippen LogP contribution in [0.3, 0.4) is 0 Å². The quantitative estimate of drug-likeness (QED) is 0.802. The van der Waals surface area contributed by atoms with E-state index in [9.17, 15) is 4.79 Å². The minimum Gasteiger partial charge on any atom is -0.378 e. The fraction of sp³-hybridized carbons (Fsp3) is 0.0667. The molecule has 0 unspecified atom stereocenters. The summed E-state index contributed by atoms with van der Waals surface area (Å²) in [5.41, 5.74) is 1.84. The van der Waals surface area contributed by atoms with Crippen molar-refractivity contribution >= 4 is 34.5 Å². The summed E-state index contributed by atoms with van der Waals surface area (Å²) < 4.78 is 1.50. The van der Waals surface area contributed by atoms with Gasteiger partial charge in [-0.2, -0.15) is 0 Å². The number of nitrogens with one attached hydrogen (secondary N) is 1. The van der Waals surface area contributed by atoms with Crippen molar-refractivity contribution in [1.82, 2.24) is 9.38 Å². The molecule has 0 aliphatic carbocycles. The Morgan fingerprint density at radius 1 is 1.14 bits per heavy atom. The van der Waals surface area contributed by atoms with Crippen LogP contribution < -0.4 is 10.9 Å². The Hall–Kier alpha value is -2.04. The third-order valence-corrected chi connectivity index (χ3v) is 3.58. The molecule has 0 aliphatic heterocycles. The van der Waals surface area contributed by atoms with Crippen LogP contribution in [0.2, 0.25) is 10.0 Å². The van der Waals surface area contributed by atoms with E-state index in [1.165, 1.54) is 10.5 Å². The van der Waals surface area contributed by atoms with Crippen molar-refractivity contribution in [2.24, 2.45) is 0 Å². The molecule has 106 valence electrons. The van der Waals surface area contributed by atoms with E-state index in [1.54, 1.807) is 36.5 Å². The summed E-state index contributed by atoms with van der Waals surface area (Å²) in [6, 6.07) is 12.1. The molecule has 4 nitrogen and oxygen atoms in total. The SMILES string of the molecule is O=c1cc(CNc2cc(Cl)ccc2Cl)nc2ccccn12. The Morgan fingerprint density at radius 2 is 2.00 bits per heavy atom. The fourth-order valence-corrected chi connectivity index (χ4v) is 2.37. The molecule has 0 aliphatic rings. The van der Waals surface area contributed by atoms with Crippen molar-refractivity contribution in [3.05, 3.63) is 74.8 Å². The van der Waals surface area contributed by atoms with Gasteiger partial charge in [-0.3, -0.25) is 9.20 Å². The van der Waals surface area contributed by atoms with Crippen molar-refractivity contribution in [2.45, 2.75) is 6.54 Å². The molecule has 0 fully saturated rings. The van der Waals surface area contributed by atoms with E-state index in [-0.39, 0.29) is 5.56 Å². The first-order chi connectivity index (χ1) is 10.1. The number of fused-ring (bicyclic) bond motifs is 1. The van der Waals surface area contributed by atoms with Gasteiger partial charge in [-0.25, -0.2) is 4.98 Å². The fourth-order valence-electron chi connectivity index (χ4n) is 2.01. The zero-order valence-electron chi connectivity index (χ0n) is 10.9. The lowest BCUT2D eigenvalue weighted by molar-refractivity contribution is 0.971. The van der Waals surface area contributed by atoms with Gasteiger partial charge in [0.15, 0.2) is 0 Å². The highest BCUT2D eigenvalue weighted by Crippen LogP contribution is 2.25. The molecule has 6 heteroatoms. The lowest BCUT2D eigenvalue weighted by Gasteiger charge is -2.09. The van der Waals surface area contributed by atoms with Gasteiger partial charge in [0.2, 0.25) is 0 Å². The maximum absolute atomic E-state index is 12.0. The summed E-state index contributed by atoms with van der Waals surface area (Å²) in [6.07, 6.45) is 1.69. The van der Waals surface area contributed by atoms with E-state index in [2.05, 4.69) is 10.3 Å². The van der Waals surface area contributed by atoms with Gasteiger partial charge in [-0.15, -0.1) is 0 Å². The average Bonchev–Trinajstić information content (AvgIpc) is 2.48. The lowest BCUT2D eigenvalue weighted by Crippen LogP contribution is -2.16. The second-order valence-electron chi connectivity index (χ2n) is 4.49. The Labute approximate surface area is 131 Å². The molecule has 0 saturated carbocycles. The topological polar surface area (TPSA) is 46.4 Å². The van der Waals surface area contributed by atoms with E-state index in [0.29, 0.717) is 33.6 Å². The maximum atomic E-state index is 12.0. The summed E-state index contributed by atoms with van der Waals surface area (Å²) in [4.78, 5) is 16.4. The number of aromatic nitrogens is 2. The molecule has 2 heterocycles. The van der Waals surface area contributed by atoms with E-state index < -0.39 is 0 Å². The van der Waals surface area contributed by atoms with Gasteiger partial charge in [0.25, 0.3) is 5.56 Å². The molecular weight excluding hydrogens is 309 g/mol. The van der Waals surface area contributed by atoms with E-state index in [4.69, 9.17) is 23.2 Å². The first-order valence-corrected chi connectivity index (χ1v) is 7.05. The number of anilines is 1. The van der Waals surface area contributed by atoms with E-state index in [0.717, 1.165) is 0 Å². The second kappa shape index (κ2) is 5.76. The van der Waals surface area contributed by atoms with Crippen LogP contribution in [0.1, 0.15) is 5.69 Å². The highest BCUT2D eigenvalue weighted by atomic mass is 35.5. The molecule has 0 saturated heterocycles. The average molecular weight is 320 g/mol. The summed E-state index contributed by atoms with van der Waals surface area (Å²) >= 11 is 12.0. The first kappa shape index (κ1) is 13.9. The highest BCUT2D eigenvalue weighted by Gasteiger charge is 2.04. The summed E-state index contributed by atoms with van der Waals surface area (Å²) in [5.74, 6) is 0. The Balaban J connectivity index is 1.88. The van der Waals surface area contributed by atoms with Gasteiger partial charge in [0.05, 0.1) is 22.9 Å². The first-order valence-electron chi connectivity index (χ1n) is 6.30. The lowest BCUT2D eigenvalue weighted by atomic mass is 10.3. The normalized spacial score (nSPS) is 10.8. The summed E-state index contributed by atoms with van der Waals surface area (Å²) in [5, 5.41) is 4.29. The number of benzene rings is 1. The van der Waals surface area contributed by atoms with Crippen LogP contribution in [-0.4, -0.2) is 9.38 Å². The third kappa shape index (κ3) is 3.01. The molecule has 0 amide bonds. The highest BCUT2D eigenvalue weighted by molar-refractivity contribution is 6.35. The molecule has 3 aromatic rings. The third-order valence-electron chi connectivity index (χ3n) is 3.01. The monoisotopic (exact) mass is 319 g/mol. The van der Waals surface area contributed by atoms with Crippen LogP contribution in [0.4, 0.5) is 5.69 Å². The molecule has 21 heavy (non-hydrogen) atoms. The maximum Gasteiger partial charge on any atom is 0.258 e. The molecular formula is C15H11Cl2N3O.